The van der Waals surface area contributed by atoms with Gasteiger partial charge in [0.15, 0.2) is 0 Å². The van der Waals surface area contributed by atoms with E-state index in [4.69, 9.17) is 11.6 Å². The van der Waals surface area contributed by atoms with Crippen LogP contribution in [0.2, 0.25) is 5.02 Å². The molecule has 1 nitrogen and oxygen atoms in total. The molecule has 2 heteroatoms. The smallest absolute Gasteiger partial charge is 0.0455 e. The highest BCUT2D eigenvalue weighted by molar-refractivity contribution is 6.31. The van der Waals surface area contributed by atoms with Gasteiger partial charge in [0, 0.05) is 23.8 Å². The first-order valence-corrected chi connectivity index (χ1v) is 6.08. The van der Waals surface area contributed by atoms with Crippen molar-refractivity contribution < 1.29 is 0 Å². The van der Waals surface area contributed by atoms with Crippen molar-refractivity contribution in [2.24, 2.45) is 0 Å². The van der Waals surface area contributed by atoms with Crippen LogP contribution in [0.4, 0.5) is 5.69 Å². The molecule has 0 aromatic heterocycles. The van der Waals surface area contributed by atoms with Crippen LogP contribution in [0.5, 0.6) is 0 Å². The third-order valence-electron chi connectivity index (χ3n) is 2.51. The zero-order valence-corrected chi connectivity index (χ0v) is 10.6. The van der Waals surface area contributed by atoms with Crippen molar-refractivity contribution in [3.63, 3.8) is 0 Å². The van der Waals surface area contributed by atoms with Crippen LogP contribution >= 0.6 is 11.6 Å². The van der Waals surface area contributed by atoms with E-state index in [1.165, 1.54) is 18.5 Å². The Labute approximate surface area is 98.0 Å². The summed E-state index contributed by atoms with van der Waals surface area (Å²) < 4.78 is 0. The van der Waals surface area contributed by atoms with Gasteiger partial charge in [-0.3, -0.25) is 0 Å². The molecule has 0 aliphatic rings. The fraction of sp³-hybridized carbons (Fsp3) is 0.538. The SMILES string of the molecule is CCCN(CCC)c1ccc(C)c(Cl)c1. The Morgan fingerprint density at radius 1 is 1.13 bits per heavy atom. The molecule has 0 fully saturated rings. The lowest BCUT2D eigenvalue weighted by Gasteiger charge is -2.24. The van der Waals surface area contributed by atoms with E-state index in [2.05, 4.69) is 36.9 Å². The zero-order chi connectivity index (χ0) is 11.3. The zero-order valence-electron chi connectivity index (χ0n) is 9.89. The van der Waals surface area contributed by atoms with Gasteiger partial charge in [0.25, 0.3) is 0 Å². The van der Waals surface area contributed by atoms with Gasteiger partial charge in [0.1, 0.15) is 0 Å². The lowest BCUT2D eigenvalue weighted by Crippen LogP contribution is -2.24. The third-order valence-corrected chi connectivity index (χ3v) is 2.91. The van der Waals surface area contributed by atoms with Crippen molar-refractivity contribution in [2.75, 3.05) is 18.0 Å². The summed E-state index contributed by atoms with van der Waals surface area (Å²) in [4.78, 5) is 2.39. The lowest BCUT2D eigenvalue weighted by atomic mass is 10.2. The highest BCUT2D eigenvalue weighted by atomic mass is 35.5. The first-order valence-electron chi connectivity index (χ1n) is 5.70. The number of nitrogens with zero attached hydrogens (tertiary/aromatic N) is 1. The van der Waals surface area contributed by atoms with Crippen LogP contribution in [-0.4, -0.2) is 13.1 Å². The van der Waals surface area contributed by atoms with Crippen LogP contribution in [0.25, 0.3) is 0 Å². The van der Waals surface area contributed by atoms with Crippen LogP contribution in [0.15, 0.2) is 18.2 Å². The Bertz CT molecular complexity index is 303. The predicted octanol–water partition coefficient (Wildman–Crippen LogP) is 4.27. The van der Waals surface area contributed by atoms with Crippen LogP contribution < -0.4 is 4.90 Å². The minimum atomic E-state index is 0.865. The minimum absolute atomic E-state index is 0.865. The number of aryl methyl sites for hydroxylation is 1. The first-order chi connectivity index (χ1) is 7.19. The van der Waals surface area contributed by atoms with E-state index in [-0.39, 0.29) is 0 Å². The van der Waals surface area contributed by atoms with E-state index in [0.29, 0.717) is 0 Å². The maximum absolute atomic E-state index is 6.13. The third kappa shape index (κ3) is 3.42. The maximum atomic E-state index is 6.13. The average molecular weight is 226 g/mol. The van der Waals surface area contributed by atoms with E-state index in [0.717, 1.165) is 23.7 Å². The van der Waals surface area contributed by atoms with E-state index in [1.54, 1.807) is 0 Å². The lowest BCUT2D eigenvalue weighted by molar-refractivity contribution is 0.745. The molecule has 0 N–H and O–H groups in total. The van der Waals surface area contributed by atoms with Crippen molar-refractivity contribution in [1.29, 1.82) is 0 Å². The molecule has 0 heterocycles. The summed E-state index contributed by atoms with van der Waals surface area (Å²) in [5.41, 5.74) is 2.39. The maximum Gasteiger partial charge on any atom is 0.0455 e. The minimum Gasteiger partial charge on any atom is -0.372 e. The molecule has 0 aliphatic carbocycles. The molecule has 0 bridgehead atoms. The van der Waals surface area contributed by atoms with Gasteiger partial charge in [-0.25, -0.2) is 0 Å². The fourth-order valence-electron chi connectivity index (χ4n) is 1.69. The van der Waals surface area contributed by atoms with Crippen LogP contribution in [0.3, 0.4) is 0 Å². The Hall–Kier alpha value is -0.690. The van der Waals surface area contributed by atoms with Crippen molar-refractivity contribution in [2.45, 2.75) is 33.6 Å². The molecule has 0 atom stereocenters. The summed E-state index contributed by atoms with van der Waals surface area (Å²) in [7, 11) is 0. The Balaban J connectivity index is 2.85. The molecular formula is C13H20ClN. The molecule has 0 aliphatic heterocycles. The first kappa shape index (κ1) is 12.4. The van der Waals surface area contributed by atoms with Crippen LogP contribution in [0, 0.1) is 6.92 Å². The highest BCUT2D eigenvalue weighted by Crippen LogP contribution is 2.23. The summed E-state index contributed by atoms with van der Waals surface area (Å²) in [5.74, 6) is 0. The molecule has 1 aromatic rings. The summed E-state index contributed by atoms with van der Waals surface area (Å²) in [6.07, 6.45) is 2.34. The monoisotopic (exact) mass is 225 g/mol. The fourth-order valence-corrected chi connectivity index (χ4v) is 1.86. The topological polar surface area (TPSA) is 3.24 Å². The standard InChI is InChI=1S/C13H20ClN/c1-4-8-15(9-5-2)12-7-6-11(3)13(14)10-12/h6-7,10H,4-5,8-9H2,1-3H3. The number of benzene rings is 1. The van der Waals surface area contributed by atoms with Gasteiger partial charge in [0.05, 0.1) is 0 Å². The second kappa shape index (κ2) is 6.02. The number of anilines is 1. The molecule has 0 unspecified atom stereocenters. The van der Waals surface area contributed by atoms with Crippen LogP contribution in [-0.2, 0) is 0 Å². The van der Waals surface area contributed by atoms with Gasteiger partial charge in [-0.05, 0) is 37.5 Å². The number of rotatable bonds is 5. The van der Waals surface area contributed by atoms with Crippen LogP contribution in [0.1, 0.15) is 32.3 Å². The number of hydrogen-bond acceptors (Lipinski definition) is 1. The van der Waals surface area contributed by atoms with Gasteiger partial charge in [0.2, 0.25) is 0 Å². The molecule has 0 amide bonds. The van der Waals surface area contributed by atoms with Gasteiger partial charge in [-0.2, -0.15) is 0 Å². The summed E-state index contributed by atoms with van der Waals surface area (Å²) in [6, 6.07) is 6.32. The van der Waals surface area contributed by atoms with Gasteiger partial charge in [-0.1, -0.05) is 31.5 Å². The molecule has 15 heavy (non-hydrogen) atoms. The van der Waals surface area contributed by atoms with Gasteiger partial charge < -0.3 is 4.90 Å². The summed E-state index contributed by atoms with van der Waals surface area (Å²) in [5, 5.41) is 0.865. The number of hydrogen-bond donors (Lipinski definition) is 0. The molecule has 0 saturated heterocycles. The Morgan fingerprint density at radius 2 is 1.73 bits per heavy atom. The predicted molar refractivity (Wildman–Crippen MR) is 69.0 cm³/mol. The molecule has 0 radical (unpaired) electrons. The molecule has 0 spiro atoms. The van der Waals surface area contributed by atoms with E-state index in [9.17, 15) is 0 Å². The van der Waals surface area contributed by atoms with Crippen molar-refractivity contribution in [3.8, 4) is 0 Å². The summed E-state index contributed by atoms with van der Waals surface area (Å²) >= 11 is 6.13. The quantitative estimate of drug-likeness (QED) is 0.723. The van der Waals surface area contributed by atoms with E-state index in [1.807, 2.05) is 6.92 Å². The Kier molecular flexibility index (Phi) is 4.97. The van der Waals surface area contributed by atoms with Crippen molar-refractivity contribution >= 4 is 17.3 Å². The molecule has 84 valence electrons. The molecule has 1 aromatic carbocycles. The van der Waals surface area contributed by atoms with Gasteiger partial charge in [-0.15, -0.1) is 0 Å². The number of halogens is 1. The van der Waals surface area contributed by atoms with Crippen molar-refractivity contribution in [3.05, 3.63) is 28.8 Å². The van der Waals surface area contributed by atoms with E-state index < -0.39 is 0 Å². The second-order valence-electron chi connectivity index (χ2n) is 3.92. The Morgan fingerprint density at radius 3 is 2.20 bits per heavy atom. The summed E-state index contributed by atoms with van der Waals surface area (Å²) in [6.45, 7) is 8.66. The normalized spacial score (nSPS) is 10.4. The average Bonchev–Trinajstić information content (AvgIpc) is 2.22. The van der Waals surface area contributed by atoms with Crippen molar-refractivity contribution in [1.82, 2.24) is 0 Å². The largest absolute Gasteiger partial charge is 0.372 e. The van der Waals surface area contributed by atoms with E-state index >= 15 is 0 Å². The second-order valence-corrected chi connectivity index (χ2v) is 4.33. The molecule has 0 saturated carbocycles. The molecular weight excluding hydrogens is 206 g/mol. The highest BCUT2D eigenvalue weighted by Gasteiger charge is 2.05. The molecule has 1 rings (SSSR count). The van der Waals surface area contributed by atoms with Gasteiger partial charge >= 0.3 is 0 Å².